The first-order valence-corrected chi connectivity index (χ1v) is 10.7. The molecule has 0 saturated carbocycles. The molecule has 0 radical (unpaired) electrons. The fourth-order valence-electron chi connectivity index (χ4n) is 4.17. The van der Waals surface area contributed by atoms with Crippen LogP contribution in [0, 0.1) is 26.7 Å². The van der Waals surface area contributed by atoms with Crippen LogP contribution in [0.4, 0.5) is 11.5 Å². The lowest BCUT2D eigenvalue weighted by molar-refractivity contribution is -0.120. The highest BCUT2D eigenvalue weighted by Gasteiger charge is 2.27. The third kappa shape index (κ3) is 3.68. The van der Waals surface area contributed by atoms with E-state index in [-0.39, 0.29) is 11.8 Å². The third-order valence-corrected chi connectivity index (χ3v) is 6.06. The number of nitrogens with zero attached hydrogens (tertiary/aromatic N) is 8. The van der Waals surface area contributed by atoms with Crippen LogP contribution in [0.2, 0.25) is 0 Å². The van der Waals surface area contributed by atoms with Crippen molar-refractivity contribution in [3.05, 3.63) is 53.3 Å². The minimum absolute atomic E-state index is 0.0446. The second-order valence-electron chi connectivity index (χ2n) is 8.26. The van der Waals surface area contributed by atoms with Crippen molar-refractivity contribution in [3.63, 3.8) is 0 Å². The summed E-state index contributed by atoms with van der Waals surface area (Å²) in [7, 11) is 0. The van der Waals surface area contributed by atoms with Gasteiger partial charge in [0.2, 0.25) is 5.91 Å². The van der Waals surface area contributed by atoms with Gasteiger partial charge in [0.05, 0.1) is 22.8 Å². The summed E-state index contributed by atoms with van der Waals surface area (Å²) in [6.45, 7) is 7.47. The summed E-state index contributed by atoms with van der Waals surface area (Å²) in [6.07, 6.45) is 1.51. The number of amides is 1. The maximum absolute atomic E-state index is 13.0. The number of carbonyl (C=O) groups excluding carboxylic acids is 1. The molecule has 3 aromatic heterocycles. The number of hydrogen-bond acceptors (Lipinski definition) is 7. The number of nitrogens with one attached hydrogen (secondary N) is 1. The van der Waals surface area contributed by atoms with Gasteiger partial charge in [-0.3, -0.25) is 4.79 Å². The molecule has 164 valence electrons. The molecule has 10 heteroatoms. The lowest BCUT2D eigenvalue weighted by Gasteiger charge is -2.31. The van der Waals surface area contributed by atoms with Gasteiger partial charge in [0.1, 0.15) is 0 Å². The van der Waals surface area contributed by atoms with E-state index in [0.717, 1.165) is 54.5 Å². The van der Waals surface area contributed by atoms with Crippen molar-refractivity contribution in [2.45, 2.75) is 33.6 Å². The van der Waals surface area contributed by atoms with E-state index in [1.54, 1.807) is 0 Å². The van der Waals surface area contributed by atoms with E-state index in [1.165, 1.54) is 10.2 Å². The second kappa shape index (κ2) is 8.03. The van der Waals surface area contributed by atoms with Gasteiger partial charge in [-0.05, 0) is 68.3 Å². The molecular formula is C22H25N9O. The number of benzene rings is 1. The first-order chi connectivity index (χ1) is 15.5. The van der Waals surface area contributed by atoms with Crippen LogP contribution in [0.25, 0.3) is 11.3 Å². The number of aryl methyl sites for hydroxylation is 2. The molecule has 1 aliphatic heterocycles. The highest BCUT2D eigenvalue weighted by molar-refractivity contribution is 5.93. The maximum Gasteiger partial charge on any atom is 0.227 e. The van der Waals surface area contributed by atoms with E-state index in [9.17, 15) is 4.79 Å². The van der Waals surface area contributed by atoms with Crippen LogP contribution in [0.1, 0.15) is 29.8 Å². The summed E-state index contributed by atoms with van der Waals surface area (Å²) in [5.41, 5.74) is 5.33. The lowest BCUT2D eigenvalue weighted by atomic mass is 9.95. The molecular weight excluding hydrogens is 406 g/mol. The number of hydrogen-bond donors (Lipinski definition) is 1. The number of piperidine rings is 1. The molecule has 32 heavy (non-hydrogen) atoms. The minimum atomic E-state index is -0.0513. The Morgan fingerprint density at radius 2 is 1.75 bits per heavy atom. The van der Waals surface area contributed by atoms with Gasteiger partial charge in [-0.25, -0.2) is 4.68 Å². The van der Waals surface area contributed by atoms with Crippen LogP contribution in [0.3, 0.4) is 0 Å². The summed E-state index contributed by atoms with van der Waals surface area (Å²) in [4.78, 5) is 15.2. The predicted octanol–water partition coefficient (Wildman–Crippen LogP) is 2.49. The third-order valence-electron chi connectivity index (χ3n) is 6.06. The zero-order chi connectivity index (χ0) is 22.2. The van der Waals surface area contributed by atoms with E-state index >= 15 is 0 Å². The highest BCUT2D eigenvalue weighted by Crippen LogP contribution is 2.27. The molecule has 0 spiro atoms. The van der Waals surface area contributed by atoms with Gasteiger partial charge in [0.25, 0.3) is 0 Å². The van der Waals surface area contributed by atoms with Crippen molar-refractivity contribution < 1.29 is 4.79 Å². The first kappa shape index (κ1) is 20.1. The Morgan fingerprint density at radius 3 is 2.50 bits per heavy atom. The molecule has 1 fully saturated rings. The Labute approximate surface area is 185 Å². The predicted molar refractivity (Wildman–Crippen MR) is 120 cm³/mol. The van der Waals surface area contributed by atoms with Crippen LogP contribution in [0.15, 0.2) is 36.4 Å². The summed E-state index contributed by atoms with van der Waals surface area (Å²) in [6, 6.07) is 12.0. The number of fused-ring (bicyclic) bond motifs is 1. The zero-order valence-corrected chi connectivity index (χ0v) is 18.4. The van der Waals surface area contributed by atoms with E-state index in [1.807, 2.05) is 42.8 Å². The van der Waals surface area contributed by atoms with Crippen LogP contribution in [0.5, 0.6) is 0 Å². The Hall–Kier alpha value is -3.82. The smallest absolute Gasteiger partial charge is 0.227 e. The molecule has 1 amide bonds. The summed E-state index contributed by atoms with van der Waals surface area (Å²) >= 11 is 0. The standard InChI is InChI=1S/C22H25N9O/c1-14-4-6-18(7-5-14)30-16(3)21(15(2)25-30)23-22(32)17-10-12-29(13-11-17)20-9-8-19-24-27-28-31(19)26-20/h4-9,17H,10-13H2,1-3H3,(H,23,32). The largest absolute Gasteiger partial charge is 0.355 e. The average Bonchev–Trinajstić information content (AvgIpc) is 3.39. The Morgan fingerprint density at radius 1 is 1.00 bits per heavy atom. The molecule has 0 unspecified atom stereocenters. The molecule has 10 nitrogen and oxygen atoms in total. The quantitative estimate of drug-likeness (QED) is 0.529. The van der Waals surface area contributed by atoms with E-state index in [4.69, 9.17) is 0 Å². The Balaban J connectivity index is 1.25. The van der Waals surface area contributed by atoms with Crippen molar-refractivity contribution in [2.24, 2.45) is 5.92 Å². The topological polar surface area (TPSA) is 106 Å². The van der Waals surface area contributed by atoms with E-state index < -0.39 is 0 Å². The van der Waals surface area contributed by atoms with Crippen LogP contribution in [-0.4, -0.2) is 54.0 Å². The minimum Gasteiger partial charge on any atom is -0.355 e. The van der Waals surface area contributed by atoms with Crippen molar-refractivity contribution in [1.82, 2.24) is 35.0 Å². The Bertz CT molecular complexity index is 1270. The molecule has 4 heterocycles. The molecule has 1 saturated heterocycles. The van der Waals surface area contributed by atoms with Crippen LogP contribution < -0.4 is 10.2 Å². The SMILES string of the molecule is Cc1ccc(-n2nc(C)c(NC(=O)C3CCN(c4ccc5nnnn5n4)CC3)c2C)cc1. The molecule has 5 rings (SSSR count). The number of carbonyl (C=O) groups is 1. The van der Waals surface area contributed by atoms with Crippen LogP contribution in [-0.2, 0) is 4.79 Å². The van der Waals surface area contributed by atoms with Gasteiger partial charge in [-0.1, -0.05) is 17.7 Å². The molecule has 0 aliphatic carbocycles. The van der Waals surface area contributed by atoms with Gasteiger partial charge in [-0.2, -0.15) is 5.10 Å². The van der Waals surface area contributed by atoms with Gasteiger partial charge < -0.3 is 10.2 Å². The molecule has 1 N–H and O–H groups in total. The Kier molecular flexibility index (Phi) is 5.04. The normalized spacial score (nSPS) is 14.8. The van der Waals surface area contributed by atoms with Crippen molar-refractivity contribution in [3.8, 4) is 5.69 Å². The van der Waals surface area contributed by atoms with E-state index in [0.29, 0.717) is 5.65 Å². The molecule has 1 aromatic carbocycles. The number of tetrazole rings is 1. The number of rotatable bonds is 4. The van der Waals surface area contributed by atoms with Crippen molar-refractivity contribution in [1.29, 1.82) is 0 Å². The second-order valence-corrected chi connectivity index (χ2v) is 8.26. The summed E-state index contributed by atoms with van der Waals surface area (Å²) < 4.78 is 3.30. The van der Waals surface area contributed by atoms with Gasteiger partial charge in [0, 0.05) is 19.0 Å². The highest BCUT2D eigenvalue weighted by atomic mass is 16.1. The number of aromatic nitrogens is 7. The average molecular weight is 432 g/mol. The number of anilines is 2. The maximum atomic E-state index is 13.0. The van der Waals surface area contributed by atoms with Crippen molar-refractivity contribution in [2.75, 3.05) is 23.3 Å². The molecule has 0 atom stereocenters. The zero-order valence-electron chi connectivity index (χ0n) is 18.4. The van der Waals surface area contributed by atoms with E-state index in [2.05, 4.69) is 55.0 Å². The monoisotopic (exact) mass is 431 g/mol. The fraction of sp³-hybridized carbons (Fsp3) is 0.364. The van der Waals surface area contributed by atoms with Gasteiger partial charge in [0.15, 0.2) is 11.5 Å². The molecule has 4 aromatic rings. The van der Waals surface area contributed by atoms with Gasteiger partial charge in [-0.15, -0.1) is 14.8 Å². The first-order valence-electron chi connectivity index (χ1n) is 10.7. The van der Waals surface area contributed by atoms with Crippen molar-refractivity contribution >= 4 is 23.1 Å². The fourth-order valence-corrected chi connectivity index (χ4v) is 4.17. The lowest BCUT2D eigenvalue weighted by Crippen LogP contribution is -2.38. The molecule has 1 aliphatic rings. The van der Waals surface area contributed by atoms with Gasteiger partial charge >= 0.3 is 0 Å². The summed E-state index contributed by atoms with van der Waals surface area (Å²) in [5, 5.41) is 23.6. The van der Waals surface area contributed by atoms with Crippen LogP contribution >= 0.6 is 0 Å². The summed E-state index contributed by atoms with van der Waals surface area (Å²) in [5.74, 6) is 0.808. The molecule has 0 bridgehead atoms.